The molecular weight excluding hydrogens is 124 g/mol. The van der Waals surface area contributed by atoms with Crippen molar-refractivity contribution < 1.29 is 0 Å². The fourth-order valence-corrected chi connectivity index (χ4v) is 0.952. The van der Waals surface area contributed by atoms with Crippen molar-refractivity contribution in [3.63, 3.8) is 0 Å². The zero-order chi connectivity index (χ0) is 7.33. The van der Waals surface area contributed by atoms with Gasteiger partial charge >= 0.3 is 0 Å². The topological polar surface area (TPSA) is 61.0 Å². The Balaban J connectivity index is 0. The van der Waals surface area contributed by atoms with Gasteiger partial charge in [0.25, 0.3) is 0 Å². The van der Waals surface area contributed by atoms with Crippen molar-refractivity contribution in [3.8, 4) is 0 Å². The molecule has 0 bridgehead atoms. The molecule has 0 aromatic rings. The fourth-order valence-electron chi connectivity index (χ4n) is 0.952. The van der Waals surface area contributed by atoms with Crippen LogP contribution < -0.4 is 11.9 Å². The summed E-state index contributed by atoms with van der Waals surface area (Å²) in [6, 6.07) is 0. The second-order valence-electron chi connectivity index (χ2n) is 3.06. The van der Waals surface area contributed by atoms with E-state index in [4.69, 9.17) is 5.73 Å². The lowest BCUT2D eigenvalue weighted by atomic mass is 9.82. The molecule has 0 fully saturated rings. The minimum absolute atomic E-state index is 0. The van der Waals surface area contributed by atoms with E-state index in [0.717, 1.165) is 6.54 Å². The molecule has 0 aliphatic rings. The van der Waals surface area contributed by atoms with Crippen molar-refractivity contribution in [2.75, 3.05) is 6.54 Å². The lowest BCUT2D eigenvalue weighted by Crippen LogP contribution is -2.18. The van der Waals surface area contributed by atoms with E-state index >= 15 is 0 Å². The Kier molecular flexibility index (Phi) is 7.15. The lowest BCUT2D eigenvalue weighted by Gasteiger charge is -2.25. The molecule has 0 saturated heterocycles. The van der Waals surface area contributed by atoms with Crippen LogP contribution in [0.3, 0.4) is 0 Å². The summed E-state index contributed by atoms with van der Waals surface area (Å²) in [6.07, 6.45) is 3.67. The summed E-state index contributed by atoms with van der Waals surface area (Å²) >= 11 is 0. The van der Waals surface area contributed by atoms with Gasteiger partial charge in [-0.15, -0.1) is 0 Å². The smallest absolute Gasteiger partial charge is 0.00721 e. The molecule has 0 radical (unpaired) electrons. The average molecular weight is 146 g/mol. The Morgan fingerprint density at radius 3 is 1.70 bits per heavy atom. The van der Waals surface area contributed by atoms with Gasteiger partial charge in [-0.2, -0.15) is 0 Å². The molecule has 64 valence electrons. The first-order valence-electron chi connectivity index (χ1n) is 3.88. The van der Waals surface area contributed by atoms with Crippen LogP contribution in [0.2, 0.25) is 0 Å². The van der Waals surface area contributed by atoms with Gasteiger partial charge in [-0.3, -0.25) is 0 Å². The predicted octanol–water partition coefficient (Wildman–Crippen LogP) is 2.32. The van der Waals surface area contributed by atoms with Crippen molar-refractivity contribution in [2.24, 2.45) is 11.1 Å². The van der Waals surface area contributed by atoms with Crippen LogP contribution in [0.4, 0.5) is 0 Å². The van der Waals surface area contributed by atoms with Gasteiger partial charge in [-0.05, 0) is 18.4 Å². The van der Waals surface area contributed by atoms with E-state index < -0.39 is 0 Å². The highest BCUT2D eigenvalue weighted by Crippen LogP contribution is 2.28. The molecule has 0 heterocycles. The normalized spacial score (nSPS) is 10.8. The number of nitrogens with two attached hydrogens (primary N) is 1. The molecule has 0 unspecified atom stereocenters. The van der Waals surface area contributed by atoms with Gasteiger partial charge in [0.15, 0.2) is 0 Å². The summed E-state index contributed by atoms with van der Waals surface area (Å²) in [4.78, 5) is 0. The van der Waals surface area contributed by atoms with E-state index in [-0.39, 0.29) is 6.15 Å². The Hall–Kier alpha value is -0.0800. The van der Waals surface area contributed by atoms with E-state index in [0.29, 0.717) is 5.41 Å². The van der Waals surface area contributed by atoms with Gasteiger partial charge in [0.05, 0.1) is 0 Å². The molecule has 5 N–H and O–H groups in total. The van der Waals surface area contributed by atoms with E-state index in [1.165, 1.54) is 19.3 Å². The first-order chi connectivity index (χ1) is 4.18. The first kappa shape index (κ1) is 12.6. The van der Waals surface area contributed by atoms with Crippen LogP contribution in [0.5, 0.6) is 0 Å². The van der Waals surface area contributed by atoms with Crippen LogP contribution in [-0.2, 0) is 0 Å². The molecule has 0 amide bonds. The van der Waals surface area contributed by atoms with Gasteiger partial charge in [0.2, 0.25) is 0 Å². The van der Waals surface area contributed by atoms with Crippen LogP contribution in [-0.4, -0.2) is 6.54 Å². The van der Waals surface area contributed by atoms with Crippen molar-refractivity contribution >= 4 is 0 Å². The molecule has 0 spiro atoms. The Bertz CT molecular complexity index is 67.7. The quantitative estimate of drug-likeness (QED) is 0.639. The SMILES string of the molecule is CCC(C)(CC)CCN.N. The molecule has 0 aromatic heterocycles. The summed E-state index contributed by atoms with van der Waals surface area (Å²) in [5.41, 5.74) is 5.97. The van der Waals surface area contributed by atoms with Crippen molar-refractivity contribution in [2.45, 2.75) is 40.0 Å². The molecule has 0 aliphatic heterocycles. The van der Waals surface area contributed by atoms with Gasteiger partial charge in [-0.1, -0.05) is 33.6 Å². The molecule has 0 rings (SSSR count). The molecule has 0 aliphatic carbocycles. The van der Waals surface area contributed by atoms with Crippen LogP contribution in [0.1, 0.15) is 40.0 Å². The maximum Gasteiger partial charge on any atom is -0.00721 e. The minimum atomic E-state index is 0. The zero-order valence-electron chi connectivity index (χ0n) is 7.61. The molecular formula is C8H22N2. The third-order valence-electron chi connectivity index (χ3n) is 2.45. The highest BCUT2D eigenvalue weighted by Gasteiger charge is 2.17. The van der Waals surface area contributed by atoms with Gasteiger partial charge < -0.3 is 11.9 Å². The van der Waals surface area contributed by atoms with E-state index in [2.05, 4.69) is 20.8 Å². The Morgan fingerprint density at radius 1 is 1.20 bits per heavy atom. The third kappa shape index (κ3) is 3.85. The highest BCUT2D eigenvalue weighted by molar-refractivity contribution is 4.70. The zero-order valence-corrected chi connectivity index (χ0v) is 7.61. The molecule has 0 atom stereocenters. The highest BCUT2D eigenvalue weighted by atomic mass is 14.5. The van der Waals surface area contributed by atoms with E-state index in [9.17, 15) is 0 Å². The maximum absolute atomic E-state index is 5.47. The monoisotopic (exact) mass is 146 g/mol. The van der Waals surface area contributed by atoms with Crippen LogP contribution in [0, 0.1) is 5.41 Å². The van der Waals surface area contributed by atoms with Crippen molar-refractivity contribution in [1.29, 1.82) is 0 Å². The predicted molar refractivity (Wildman–Crippen MR) is 47.4 cm³/mol. The summed E-state index contributed by atoms with van der Waals surface area (Å²) < 4.78 is 0. The van der Waals surface area contributed by atoms with Gasteiger partial charge in [0, 0.05) is 0 Å². The summed E-state index contributed by atoms with van der Waals surface area (Å²) in [5, 5.41) is 0. The molecule has 2 heteroatoms. The minimum Gasteiger partial charge on any atom is -0.344 e. The molecule has 2 nitrogen and oxygen atoms in total. The second kappa shape index (κ2) is 5.69. The maximum atomic E-state index is 5.47. The molecule has 0 saturated carbocycles. The van der Waals surface area contributed by atoms with E-state index in [1.807, 2.05) is 0 Å². The van der Waals surface area contributed by atoms with Gasteiger partial charge in [0.1, 0.15) is 0 Å². The average Bonchev–Trinajstić information content (AvgIpc) is 1.89. The van der Waals surface area contributed by atoms with Crippen LogP contribution >= 0.6 is 0 Å². The Morgan fingerprint density at radius 2 is 1.60 bits per heavy atom. The number of hydrogen-bond acceptors (Lipinski definition) is 2. The second-order valence-corrected chi connectivity index (χ2v) is 3.06. The summed E-state index contributed by atoms with van der Waals surface area (Å²) in [5.74, 6) is 0. The first-order valence-corrected chi connectivity index (χ1v) is 3.88. The van der Waals surface area contributed by atoms with E-state index in [1.54, 1.807) is 0 Å². The van der Waals surface area contributed by atoms with Crippen LogP contribution in [0.15, 0.2) is 0 Å². The standard InChI is InChI=1S/C8H19N.H3N/c1-4-8(3,5-2)6-7-9;/h4-7,9H2,1-3H3;1H3. The van der Waals surface area contributed by atoms with Crippen molar-refractivity contribution in [3.05, 3.63) is 0 Å². The number of hydrogen-bond donors (Lipinski definition) is 2. The Labute approximate surface area is 64.8 Å². The summed E-state index contributed by atoms with van der Waals surface area (Å²) in [6.45, 7) is 7.61. The molecule has 10 heavy (non-hydrogen) atoms. The van der Waals surface area contributed by atoms with Crippen molar-refractivity contribution in [1.82, 2.24) is 6.15 Å². The summed E-state index contributed by atoms with van der Waals surface area (Å²) in [7, 11) is 0. The molecule has 0 aromatic carbocycles. The number of rotatable bonds is 4. The fraction of sp³-hybridized carbons (Fsp3) is 1.00. The van der Waals surface area contributed by atoms with Crippen LogP contribution in [0.25, 0.3) is 0 Å². The van der Waals surface area contributed by atoms with Gasteiger partial charge in [-0.25, -0.2) is 0 Å². The lowest BCUT2D eigenvalue weighted by molar-refractivity contribution is 0.278. The third-order valence-corrected chi connectivity index (χ3v) is 2.45. The largest absolute Gasteiger partial charge is 0.344 e.